The third-order valence-corrected chi connectivity index (χ3v) is 3.04. The van der Waals surface area contributed by atoms with Gasteiger partial charge in [0.1, 0.15) is 11.6 Å². The molecule has 0 spiro atoms. The molecule has 0 aliphatic heterocycles. The summed E-state index contributed by atoms with van der Waals surface area (Å²) < 4.78 is 0. The summed E-state index contributed by atoms with van der Waals surface area (Å²) in [7, 11) is 0. The number of nitrogens with one attached hydrogen (secondary N) is 1. The largest absolute Gasteiger partial charge is 0.508 e. The van der Waals surface area contributed by atoms with Crippen molar-refractivity contribution in [2.75, 3.05) is 6.54 Å². The molecule has 0 fully saturated rings. The number of carbonyl (C=O) groups excluding carboxylic acids is 1. The lowest BCUT2D eigenvalue weighted by Gasteiger charge is -2.23. The summed E-state index contributed by atoms with van der Waals surface area (Å²) >= 11 is 0. The monoisotopic (exact) mass is 265 g/mol. The second kappa shape index (κ2) is 5.60. The summed E-state index contributed by atoms with van der Waals surface area (Å²) in [6.45, 7) is 5.38. The van der Waals surface area contributed by atoms with E-state index in [4.69, 9.17) is 10.9 Å². The number of hydrogen-bond acceptors (Lipinski definition) is 4. The van der Waals surface area contributed by atoms with Crippen LogP contribution >= 0.6 is 0 Å². The zero-order valence-corrected chi connectivity index (χ0v) is 11.3. The molecule has 0 saturated carbocycles. The quantitative estimate of drug-likeness (QED) is 0.284. The SMILES string of the molecule is Cc1c(O)cccc1C(=O)NCC(C)(C)/C(N)=N/O. The molecule has 0 saturated heterocycles. The molecule has 6 nitrogen and oxygen atoms in total. The van der Waals surface area contributed by atoms with Gasteiger partial charge in [-0.15, -0.1) is 0 Å². The first-order chi connectivity index (χ1) is 8.79. The molecule has 1 rings (SSSR count). The van der Waals surface area contributed by atoms with E-state index in [0.717, 1.165) is 0 Å². The van der Waals surface area contributed by atoms with E-state index in [0.29, 0.717) is 11.1 Å². The van der Waals surface area contributed by atoms with E-state index in [2.05, 4.69) is 10.5 Å². The zero-order chi connectivity index (χ0) is 14.6. The number of nitrogens with zero attached hydrogens (tertiary/aromatic N) is 1. The van der Waals surface area contributed by atoms with Gasteiger partial charge in [0.25, 0.3) is 5.91 Å². The summed E-state index contributed by atoms with van der Waals surface area (Å²) in [6, 6.07) is 4.75. The van der Waals surface area contributed by atoms with E-state index in [1.54, 1.807) is 32.9 Å². The van der Waals surface area contributed by atoms with E-state index in [9.17, 15) is 9.90 Å². The van der Waals surface area contributed by atoms with Crippen molar-refractivity contribution in [3.63, 3.8) is 0 Å². The minimum atomic E-state index is -0.658. The maximum absolute atomic E-state index is 12.0. The highest BCUT2D eigenvalue weighted by Crippen LogP contribution is 2.20. The normalized spacial score (nSPS) is 12.3. The Kier molecular flexibility index (Phi) is 4.37. The average Bonchev–Trinajstić information content (AvgIpc) is 2.38. The van der Waals surface area contributed by atoms with Crippen LogP contribution in [0.1, 0.15) is 29.8 Å². The number of rotatable bonds is 4. The van der Waals surface area contributed by atoms with Gasteiger partial charge in [-0.05, 0) is 19.1 Å². The topological polar surface area (TPSA) is 108 Å². The Morgan fingerprint density at radius 1 is 1.47 bits per heavy atom. The van der Waals surface area contributed by atoms with Crippen molar-refractivity contribution in [3.8, 4) is 5.75 Å². The number of amidine groups is 1. The van der Waals surface area contributed by atoms with Crippen LogP contribution in [0.5, 0.6) is 5.75 Å². The Hall–Kier alpha value is -2.24. The van der Waals surface area contributed by atoms with Crippen molar-refractivity contribution in [2.45, 2.75) is 20.8 Å². The van der Waals surface area contributed by atoms with Crippen molar-refractivity contribution in [2.24, 2.45) is 16.3 Å². The molecule has 0 unspecified atom stereocenters. The second-order valence-corrected chi connectivity index (χ2v) is 5.00. The lowest BCUT2D eigenvalue weighted by atomic mass is 9.92. The first-order valence-electron chi connectivity index (χ1n) is 5.84. The van der Waals surface area contributed by atoms with Crippen LogP contribution in [0.15, 0.2) is 23.4 Å². The number of phenolic OH excluding ortho intramolecular Hbond substituents is 1. The maximum Gasteiger partial charge on any atom is 0.251 e. The smallest absolute Gasteiger partial charge is 0.251 e. The fourth-order valence-electron chi connectivity index (χ4n) is 1.49. The minimum absolute atomic E-state index is 0.0421. The van der Waals surface area contributed by atoms with Crippen molar-refractivity contribution < 1.29 is 15.1 Å². The second-order valence-electron chi connectivity index (χ2n) is 5.00. The molecule has 1 aromatic carbocycles. The summed E-state index contributed by atoms with van der Waals surface area (Å²) in [5.74, 6) is -0.198. The van der Waals surface area contributed by atoms with Crippen LogP contribution in [0.3, 0.4) is 0 Å². The Morgan fingerprint density at radius 2 is 2.11 bits per heavy atom. The summed E-state index contributed by atoms with van der Waals surface area (Å²) in [6.07, 6.45) is 0. The van der Waals surface area contributed by atoms with Crippen molar-refractivity contribution in [1.29, 1.82) is 0 Å². The average molecular weight is 265 g/mol. The van der Waals surface area contributed by atoms with E-state index in [-0.39, 0.29) is 24.0 Å². The number of aromatic hydroxyl groups is 1. The van der Waals surface area contributed by atoms with E-state index in [1.165, 1.54) is 6.07 Å². The van der Waals surface area contributed by atoms with Gasteiger partial charge in [-0.1, -0.05) is 25.1 Å². The van der Waals surface area contributed by atoms with Gasteiger partial charge >= 0.3 is 0 Å². The third kappa shape index (κ3) is 3.37. The fraction of sp³-hybridized carbons (Fsp3) is 0.385. The Bertz CT molecular complexity index is 510. The highest BCUT2D eigenvalue weighted by molar-refractivity contribution is 5.96. The number of amides is 1. The molecule has 5 N–H and O–H groups in total. The van der Waals surface area contributed by atoms with E-state index < -0.39 is 5.41 Å². The zero-order valence-electron chi connectivity index (χ0n) is 11.3. The van der Waals surface area contributed by atoms with Crippen LogP contribution in [-0.4, -0.2) is 28.6 Å². The summed E-state index contributed by atoms with van der Waals surface area (Å²) in [4.78, 5) is 12.0. The number of oxime groups is 1. The van der Waals surface area contributed by atoms with Crippen LogP contribution in [0.4, 0.5) is 0 Å². The first-order valence-corrected chi connectivity index (χ1v) is 5.84. The molecule has 104 valence electrons. The molecule has 0 atom stereocenters. The molecular weight excluding hydrogens is 246 g/mol. The molecule has 0 aliphatic rings. The number of benzene rings is 1. The van der Waals surface area contributed by atoms with Gasteiger partial charge in [0.05, 0.1) is 0 Å². The third-order valence-electron chi connectivity index (χ3n) is 3.04. The predicted octanol–water partition coefficient (Wildman–Crippen LogP) is 1.20. The predicted molar refractivity (Wildman–Crippen MR) is 72.4 cm³/mol. The molecule has 0 heterocycles. The van der Waals surface area contributed by atoms with Gasteiger partial charge in [-0.2, -0.15) is 0 Å². The lowest BCUT2D eigenvalue weighted by molar-refractivity contribution is 0.0943. The molecule has 1 amide bonds. The standard InChI is InChI=1S/C13H19N3O3/c1-8-9(5-4-6-10(8)17)11(18)15-7-13(2,3)12(14)16-19/h4-6,17,19H,7H2,1-3H3,(H2,14,16)(H,15,18). The fourth-order valence-corrected chi connectivity index (χ4v) is 1.49. The van der Waals surface area contributed by atoms with Crippen LogP contribution in [0.2, 0.25) is 0 Å². The van der Waals surface area contributed by atoms with Gasteiger partial charge in [0, 0.05) is 23.1 Å². The molecule has 6 heteroatoms. The summed E-state index contributed by atoms with van der Waals surface area (Å²) in [5.41, 5.74) is 5.79. The van der Waals surface area contributed by atoms with Gasteiger partial charge in [-0.25, -0.2) is 0 Å². The Morgan fingerprint density at radius 3 is 2.68 bits per heavy atom. The lowest BCUT2D eigenvalue weighted by Crippen LogP contribution is -2.42. The molecule has 0 radical (unpaired) electrons. The van der Waals surface area contributed by atoms with Crippen LogP contribution in [0.25, 0.3) is 0 Å². The number of nitrogens with two attached hydrogens (primary N) is 1. The molecule has 0 aromatic heterocycles. The van der Waals surface area contributed by atoms with Crippen molar-refractivity contribution >= 4 is 11.7 Å². The molecule has 1 aromatic rings. The van der Waals surface area contributed by atoms with Crippen LogP contribution in [0, 0.1) is 12.3 Å². The van der Waals surface area contributed by atoms with Gasteiger partial charge in [0.2, 0.25) is 0 Å². The van der Waals surface area contributed by atoms with Gasteiger partial charge < -0.3 is 21.4 Å². The number of carbonyl (C=O) groups is 1. The maximum atomic E-state index is 12.0. The Labute approximate surface area is 111 Å². The van der Waals surface area contributed by atoms with Crippen molar-refractivity contribution in [3.05, 3.63) is 29.3 Å². The van der Waals surface area contributed by atoms with Gasteiger partial charge in [-0.3, -0.25) is 4.79 Å². The number of phenols is 1. The van der Waals surface area contributed by atoms with Crippen LogP contribution in [-0.2, 0) is 0 Å². The molecule has 0 aliphatic carbocycles. The minimum Gasteiger partial charge on any atom is -0.508 e. The van der Waals surface area contributed by atoms with Crippen molar-refractivity contribution in [1.82, 2.24) is 5.32 Å². The molecular formula is C13H19N3O3. The highest BCUT2D eigenvalue weighted by Gasteiger charge is 2.25. The Balaban J connectivity index is 2.79. The van der Waals surface area contributed by atoms with E-state index >= 15 is 0 Å². The number of hydrogen-bond donors (Lipinski definition) is 4. The molecule has 0 bridgehead atoms. The van der Waals surface area contributed by atoms with Gasteiger partial charge in [0.15, 0.2) is 0 Å². The first kappa shape index (κ1) is 14.8. The van der Waals surface area contributed by atoms with Crippen LogP contribution < -0.4 is 11.1 Å². The summed E-state index contributed by atoms with van der Waals surface area (Å²) in [5, 5.41) is 23.8. The van der Waals surface area contributed by atoms with E-state index in [1.807, 2.05) is 0 Å². The molecule has 19 heavy (non-hydrogen) atoms. The highest BCUT2D eigenvalue weighted by atomic mass is 16.4.